The van der Waals surface area contributed by atoms with E-state index in [-0.39, 0.29) is 11.8 Å². The molecule has 1 atom stereocenters. The normalized spacial score (nSPS) is 20.3. The number of carboxylic acid groups (broad SMARTS) is 1. The first kappa shape index (κ1) is 21.7. The predicted molar refractivity (Wildman–Crippen MR) is 108 cm³/mol. The number of aromatic nitrogens is 1. The van der Waals surface area contributed by atoms with Gasteiger partial charge < -0.3 is 5.11 Å². The Hall–Kier alpha value is -1.99. The van der Waals surface area contributed by atoms with Gasteiger partial charge in [0.1, 0.15) is 6.04 Å². The molecular formula is C22H33N3O4. The minimum Gasteiger partial charge on any atom is -0.480 e. The number of hydrogen-bond donors (Lipinski definition) is 4. The van der Waals surface area contributed by atoms with Gasteiger partial charge in [0.2, 0.25) is 5.91 Å². The van der Waals surface area contributed by atoms with E-state index < -0.39 is 17.9 Å². The Kier molecular flexibility index (Phi) is 7.61. The summed E-state index contributed by atoms with van der Waals surface area (Å²) in [6.07, 6.45) is 12.6. The summed E-state index contributed by atoms with van der Waals surface area (Å²) in [5.41, 5.74) is 3.18. The van der Waals surface area contributed by atoms with Gasteiger partial charge in [0.05, 0.1) is 0 Å². The van der Waals surface area contributed by atoms with E-state index in [1.54, 1.807) is 11.7 Å². The van der Waals surface area contributed by atoms with Crippen LogP contribution in [0.1, 0.15) is 75.5 Å². The minimum atomic E-state index is -0.738. The van der Waals surface area contributed by atoms with E-state index in [2.05, 4.69) is 10.3 Å². The van der Waals surface area contributed by atoms with Crippen LogP contribution in [0.15, 0.2) is 18.3 Å². The molecule has 4 N–H and O–H groups in total. The largest absolute Gasteiger partial charge is 0.480 e. The number of carboxylic acids is 1. The fourth-order valence-corrected chi connectivity index (χ4v) is 5.40. The van der Waals surface area contributed by atoms with Crippen molar-refractivity contribution in [3.05, 3.63) is 29.6 Å². The first-order valence-electron chi connectivity index (χ1n) is 10.9. The van der Waals surface area contributed by atoms with Gasteiger partial charge in [0.15, 0.2) is 0 Å². The van der Waals surface area contributed by atoms with E-state index in [1.807, 2.05) is 12.1 Å². The van der Waals surface area contributed by atoms with E-state index in [4.69, 9.17) is 5.21 Å². The van der Waals surface area contributed by atoms with Crippen molar-refractivity contribution in [2.24, 2.45) is 11.3 Å². The molecule has 0 saturated heterocycles. The van der Waals surface area contributed by atoms with Crippen molar-refractivity contribution in [3.8, 4) is 0 Å². The molecule has 0 spiro atoms. The summed E-state index contributed by atoms with van der Waals surface area (Å²) in [6.45, 7) is 0.468. The lowest BCUT2D eigenvalue weighted by molar-refractivity contribution is -0.146. The zero-order valence-corrected chi connectivity index (χ0v) is 17.0. The van der Waals surface area contributed by atoms with Crippen molar-refractivity contribution in [2.45, 2.75) is 83.2 Å². The van der Waals surface area contributed by atoms with Crippen LogP contribution < -0.4 is 10.8 Å². The maximum absolute atomic E-state index is 12.3. The summed E-state index contributed by atoms with van der Waals surface area (Å²) in [7, 11) is 0. The monoisotopic (exact) mass is 403 g/mol. The first-order chi connectivity index (χ1) is 14.0. The maximum atomic E-state index is 12.3. The van der Waals surface area contributed by atoms with Crippen LogP contribution in [0.25, 0.3) is 0 Å². The number of aliphatic carboxylic acids is 1. The molecule has 2 aliphatic rings. The molecule has 1 amide bonds. The van der Waals surface area contributed by atoms with E-state index in [0.29, 0.717) is 18.9 Å². The quantitative estimate of drug-likeness (QED) is 0.372. The van der Waals surface area contributed by atoms with E-state index >= 15 is 0 Å². The number of aryl methyl sites for hydroxylation is 1. The second-order valence-electron chi connectivity index (χ2n) is 8.62. The van der Waals surface area contributed by atoms with Gasteiger partial charge in [0.25, 0.3) is 0 Å². The van der Waals surface area contributed by atoms with Crippen LogP contribution in [-0.4, -0.2) is 33.2 Å². The van der Waals surface area contributed by atoms with Crippen LogP contribution in [0.5, 0.6) is 0 Å². The maximum Gasteiger partial charge on any atom is 0.321 e. The van der Waals surface area contributed by atoms with Gasteiger partial charge in [-0.15, -0.1) is 0 Å². The van der Waals surface area contributed by atoms with Crippen molar-refractivity contribution in [1.82, 2.24) is 15.8 Å². The van der Waals surface area contributed by atoms with Gasteiger partial charge in [-0.25, -0.2) is 5.48 Å². The fraction of sp³-hybridized carbons (Fsp3) is 0.682. The van der Waals surface area contributed by atoms with Crippen molar-refractivity contribution in [3.63, 3.8) is 0 Å². The number of pyridine rings is 1. The molecule has 0 unspecified atom stereocenters. The average Bonchev–Trinajstić information content (AvgIpc) is 3.29. The van der Waals surface area contributed by atoms with Gasteiger partial charge >= 0.3 is 5.97 Å². The third kappa shape index (κ3) is 5.34. The molecule has 0 bridgehead atoms. The molecular weight excluding hydrogens is 370 g/mol. The van der Waals surface area contributed by atoms with E-state index in [0.717, 1.165) is 49.8 Å². The number of rotatable bonds is 9. The van der Waals surface area contributed by atoms with Gasteiger partial charge in [-0.1, -0.05) is 38.2 Å². The zero-order chi connectivity index (χ0) is 20.7. The highest BCUT2D eigenvalue weighted by molar-refractivity contribution is 5.75. The average molecular weight is 404 g/mol. The lowest BCUT2D eigenvalue weighted by Crippen LogP contribution is -2.54. The summed E-state index contributed by atoms with van der Waals surface area (Å²) >= 11 is 0. The van der Waals surface area contributed by atoms with E-state index in [1.165, 1.54) is 19.3 Å². The summed E-state index contributed by atoms with van der Waals surface area (Å²) in [5, 5.41) is 22.0. The molecule has 160 valence electrons. The second-order valence-corrected chi connectivity index (χ2v) is 8.62. The lowest BCUT2D eigenvalue weighted by atomic mass is 9.61. The number of hydrogen-bond acceptors (Lipinski definition) is 5. The standard InChI is InChI=1S/C22H33N3O4/c26-19(25-29)11-10-18-9-8-16(14-23-18)15-24-20(21(27)28)22(12-4-1-5-13-22)17-6-2-3-7-17/h8-9,14,17,20,24,29H,1-7,10-13,15H2,(H,25,26)(H,27,28)/t20-/m1/s1. The molecule has 29 heavy (non-hydrogen) atoms. The molecule has 7 nitrogen and oxygen atoms in total. The highest BCUT2D eigenvalue weighted by Gasteiger charge is 2.49. The Morgan fingerprint density at radius 2 is 1.86 bits per heavy atom. The first-order valence-corrected chi connectivity index (χ1v) is 10.9. The second kappa shape index (κ2) is 10.2. The molecule has 1 heterocycles. The van der Waals surface area contributed by atoms with Gasteiger partial charge in [-0.3, -0.25) is 25.1 Å². The molecule has 3 rings (SSSR count). The van der Waals surface area contributed by atoms with Crippen LogP contribution in [-0.2, 0) is 22.6 Å². The van der Waals surface area contributed by atoms with Crippen molar-refractivity contribution in [1.29, 1.82) is 0 Å². The predicted octanol–water partition coefficient (Wildman–Crippen LogP) is 3.20. The van der Waals surface area contributed by atoms with E-state index in [9.17, 15) is 14.7 Å². The molecule has 0 aliphatic heterocycles. The molecule has 2 aliphatic carbocycles. The summed E-state index contributed by atoms with van der Waals surface area (Å²) in [5.74, 6) is -0.667. The van der Waals surface area contributed by atoms with Crippen LogP contribution in [0.4, 0.5) is 0 Å². The number of amides is 1. The Morgan fingerprint density at radius 1 is 1.14 bits per heavy atom. The third-order valence-corrected chi connectivity index (χ3v) is 6.90. The Labute approximate surface area is 172 Å². The van der Waals surface area contributed by atoms with Gasteiger partial charge in [-0.2, -0.15) is 0 Å². The molecule has 1 aromatic rings. The van der Waals surface area contributed by atoms with Crippen LogP contribution in [0, 0.1) is 11.3 Å². The number of nitrogens with one attached hydrogen (secondary N) is 2. The Morgan fingerprint density at radius 3 is 2.45 bits per heavy atom. The van der Waals surface area contributed by atoms with Crippen molar-refractivity contribution < 1.29 is 19.9 Å². The van der Waals surface area contributed by atoms with Gasteiger partial charge in [-0.05, 0) is 55.1 Å². The topological polar surface area (TPSA) is 112 Å². The molecule has 2 saturated carbocycles. The molecule has 1 aromatic heterocycles. The number of nitrogens with zero attached hydrogens (tertiary/aromatic N) is 1. The highest BCUT2D eigenvalue weighted by atomic mass is 16.5. The van der Waals surface area contributed by atoms with Crippen LogP contribution >= 0.6 is 0 Å². The van der Waals surface area contributed by atoms with Crippen molar-refractivity contribution in [2.75, 3.05) is 0 Å². The molecule has 0 radical (unpaired) electrons. The van der Waals surface area contributed by atoms with Crippen LogP contribution in [0.3, 0.4) is 0 Å². The minimum absolute atomic E-state index is 0.133. The summed E-state index contributed by atoms with van der Waals surface area (Å²) in [6, 6.07) is 3.25. The number of carbonyl (C=O) groups excluding carboxylic acids is 1. The highest BCUT2D eigenvalue weighted by Crippen LogP contribution is 2.51. The van der Waals surface area contributed by atoms with Crippen LogP contribution in [0.2, 0.25) is 0 Å². The molecule has 2 fully saturated rings. The molecule has 0 aromatic carbocycles. The smallest absolute Gasteiger partial charge is 0.321 e. The summed E-state index contributed by atoms with van der Waals surface area (Å²) < 4.78 is 0. The summed E-state index contributed by atoms with van der Waals surface area (Å²) in [4.78, 5) is 27.8. The fourth-order valence-electron chi connectivity index (χ4n) is 5.40. The Balaban J connectivity index is 1.65. The molecule has 7 heteroatoms. The zero-order valence-electron chi connectivity index (χ0n) is 17.0. The number of carbonyl (C=O) groups is 2. The van der Waals surface area contributed by atoms with Gasteiger partial charge in [0, 0.05) is 24.9 Å². The van der Waals surface area contributed by atoms with Crippen molar-refractivity contribution >= 4 is 11.9 Å². The number of hydroxylamine groups is 1. The lowest BCUT2D eigenvalue weighted by Gasteiger charge is -2.46. The third-order valence-electron chi connectivity index (χ3n) is 6.90. The SMILES string of the molecule is O=C(CCc1ccc(CN[C@H](C(=O)O)C2(C3CCCC3)CCCCC2)cn1)NO. The Bertz CT molecular complexity index is 680.